The molecule has 0 saturated carbocycles. The molecule has 1 amide bonds. The van der Waals surface area contributed by atoms with Crippen molar-refractivity contribution in [3.05, 3.63) is 66.1 Å². The maximum Gasteiger partial charge on any atom is 0.253 e. The van der Waals surface area contributed by atoms with E-state index < -0.39 is 0 Å². The van der Waals surface area contributed by atoms with Crippen molar-refractivity contribution in [3.63, 3.8) is 0 Å². The van der Waals surface area contributed by atoms with Crippen LogP contribution in [0, 0.1) is 5.92 Å². The van der Waals surface area contributed by atoms with E-state index in [1.54, 1.807) is 11.0 Å². The summed E-state index contributed by atoms with van der Waals surface area (Å²) in [4.78, 5) is 19.0. The number of carbonyl (C=O) groups is 1. The summed E-state index contributed by atoms with van der Waals surface area (Å²) in [6, 6.07) is 13.2. The summed E-state index contributed by atoms with van der Waals surface area (Å²) in [5.74, 6) is 1.09. The van der Waals surface area contributed by atoms with E-state index in [0.29, 0.717) is 30.4 Å². The number of carbonyl (C=O) groups excluding carboxylic acids is 1. The van der Waals surface area contributed by atoms with E-state index in [0.717, 1.165) is 31.0 Å². The summed E-state index contributed by atoms with van der Waals surface area (Å²) < 4.78 is 13.2. The molecule has 6 nitrogen and oxygen atoms in total. The molecule has 1 aliphatic rings. The van der Waals surface area contributed by atoms with Crippen molar-refractivity contribution < 1.29 is 14.3 Å². The zero-order chi connectivity index (χ0) is 18.6. The quantitative estimate of drug-likeness (QED) is 0.674. The largest absolute Gasteiger partial charge is 0.487 e. The smallest absolute Gasteiger partial charge is 0.253 e. The van der Waals surface area contributed by atoms with E-state index in [-0.39, 0.29) is 5.91 Å². The monoisotopic (exact) mass is 365 g/mol. The number of nitrogens with zero attached hydrogens (tertiary/aromatic N) is 3. The fraction of sp³-hybridized carbons (Fsp3) is 0.333. The van der Waals surface area contributed by atoms with Gasteiger partial charge in [-0.15, -0.1) is 0 Å². The second-order valence-corrected chi connectivity index (χ2v) is 6.93. The molecule has 140 valence electrons. The first-order valence-corrected chi connectivity index (χ1v) is 9.18. The summed E-state index contributed by atoms with van der Waals surface area (Å²) in [7, 11) is 1.84. The Balaban J connectivity index is 1.39. The van der Waals surface area contributed by atoms with Crippen molar-refractivity contribution in [2.24, 2.45) is 5.92 Å². The van der Waals surface area contributed by atoms with Crippen molar-refractivity contribution in [1.82, 2.24) is 14.3 Å². The van der Waals surface area contributed by atoms with Gasteiger partial charge in [0.15, 0.2) is 0 Å². The molecule has 2 aromatic heterocycles. The van der Waals surface area contributed by atoms with Gasteiger partial charge < -0.3 is 18.8 Å². The molecule has 3 heterocycles. The minimum absolute atomic E-state index is 0.0000742. The fourth-order valence-corrected chi connectivity index (χ4v) is 3.35. The third-order valence-electron chi connectivity index (χ3n) is 4.78. The average Bonchev–Trinajstić information content (AvgIpc) is 3.35. The Bertz CT molecular complexity index is 898. The molecular formula is C21H23N3O3. The van der Waals surface area contributed by atoms with Crippen LogP contribution in [0.3, 0.4) is 0 Å². The SMILES string of the molecule is CN(CC1CCOC1)C(=O)c1cccc(OCc2cn3ccccc3n2)c1. The number of hydrogen-bond acceptors (Lipinski definition) is 4. The highest BCUT2D eigenvalue weighted by molar-refractivity contribution is 5.94. The van der Waals surface area contributed by atoms with Crippen LogP contribution in [0.2, 0.25) is 0 Å². The Kier molecular flexibility index (Phi) is 5.07. The highest BCUT2D eigenvalue weighted by Crippen LogP contribution is 2.18. The normalized spacial score (nSPS) is 16.6. The zero-order valence-corrected chi connectivity index (χ0v) is 15.4. The van der Waals surface area contributed by atoms with Gasteiger partial charge in [-0.25, -0.2) is 4.98 Å². The minimum atomic E-state index is 0.0000742. The van der Waals surface area contributed by atoms with E-state index >= 15 is 0 Å². The molecule has 6 heteroatoms. The van der Waals surface area contributed by atoms with Gasteiger partial charge in [-0.1, -0.05) is 12.1 Å². The molecule has 1 saturated heterocycles. The number of ether oxygens (including phenoxy) is 2. The predicted molar refractivity (Wildman–Crippen MR) is 102 cm³/mol. The average molecular weight is 365 g/mol. The van der Waals surface area contributed by atoms with Crippen molar-refractivity contribution in [1.29, 1.82) is 0 Å². The highest BCUT2D eigenvalue weighted by Gasteiger charge is 2.21. The lowest BCUT2D eigenvalue weighted by molar-refractivity contribution is 0.0765. The van der Waals surface area contributed by atoms with Crippen LogP contribution in [-0.2, 0) is 11.3 Å². The number of pyridine rings is 1. The molecular weight excluding hydrogens is 342 g/mol. The van der Waals surface area contributed by atoms with Crippen LogP contribution in [-0.4, -0.2) is 47.0 Å². The van der Waals surface area contributed by atoms with Gasteiger partial charge in [0, 0.05) is 44.1 Å². The van der Waals surface area contributed by atoms with Gasteiger partial charge in [-0.05, 0) is 36.8 Å². The fourth-order valence-electron chi connectivity index (χ4n) is 3.35. The summed E-state index contributed by atoms with van der Waals surface area (Å²) in [6.07, 6.45) is 4.91. The number of amides is 1. The lowest BCUT2D eigenvalue weighted by Gasteiger charge is -2.20. The first-order valence-electron chi connectivity index (χ1n) is 9.18. The molecule has 0 spiro atoms. The lowest BCUT2D eigenvalue weighted by atomic mass is 10.1. The van der Waals surface area contributed by atoms with Gasteiger partial charge in [0.2, 0.25) is 0 Å². The molecule has 1 aliphatic heterocycles. The van der Waals surface area contributed by atoms with E-state index in [4.69, 9.17) is 9.47 Å². The molecule has 1 unspecified atom stereocenters. The van der Waals surface area contributed by atoms with Crippen LogP contribution in [0.4, 0.5) is 0 Å². The zero-order valence-electron chi connectivity index (χ0n) is 15.4. The van der Waals surface area contributed by atoms with Crippen LogP contribution in [0.25, 0.3) is 5.65 Å². The molecule has 27 heavy (non-hydrogen) atoms. The Hall–Kier alpha value is -2.86. The summed E-state index contributed by atoms with van der Waals surface area (Å²) in [6.45, 7) is 2.60. The van der Waals surface area contributed by atoms with Crippen LogP contribution in [0.1, 0.15) is 22.5 Å². The Morgan fingerprint density at radius 1 is 1.33 bits per heavy atom. The van der Waals surface area contributed by atoms with Crippen LogP contribution >= 0.6 is 0 Å². The van der Waals surface area contributed by atoms with Crippen molar-refractivity contribution in [3.8, 4) is 5.75 Å². The van der Waals surface area contributed by atoms with Gasteiger partial charge in [0.1, 0.15) is 18.0 Å². The first-order chi connectivity index (χ1) is 13.2. The molecule has 1 fully saturated rings. The molecule has 0 N–H and O–H groups in total. The summed E-state index contributed by atoms with van der Waals surface area (Å²) in [5.41, 5.74) is 2.36. The maximum atomic E-state index is 12.7. The highest BCUT2D eigenvalue weighted by atomic mass is 16.5. The molecule has 0 radical (unpaired) electrons. The Labute approximate surface area is 158 Å². The van der Waals surface area contributed by atoms with Gasteiger partial charge >= 0.3 is 0 Å². The first kappa shape index (κ1) is 17.5. The number of rotatable bonds is 6. The van der Waals surface area contributed by atoms with E-state index in [9.17, 15) is 4.79 Å². The Morgan fingerprint density at radius 3 is 3.07 bits per heavy atom. The third-order valence-corrected chi connectivity index (χ3v) is 4.78. The van der Waals surface area contributed by atoms with Crippen LogP contribution < -0.4 is 4.74 Å². The molecule has 1 atom stereocenters. The second-order valence-electron chi connectivity index (χ2n) is 6.93. The third kappa shape index (κ3) is 4.11. The number of imidazole rings is 1. The molecule has 0 aliphatic carbocycles. The Morgan fingerprint density at radius 2 is 2.26 bits per heavy atom. The number of aromatic nitrogens is 2. The standard InChI is InChI=1S/C21H23N3O3/c1-23(12-16-8-10-26-14-16)21(25)17-5-4-6-19(11-17)27-15-18-13-24-9-3-2-7-20(24)22-18/h2-7,9,11,13,16H,8,10,12,14-15H2,1H3. The van der Waals surface area contributed by atoms with Crippen LogP contribution in [0.15, 0.2) is 54.9 Å². The molecule has 0 bridgehead atoms. The van der Waals surface area contributed by atoms with Crippen molar-refractivity contribution in [2.45, 2.75) is 13.0 Å². The minimum Gasteiger partial charge on any atom is -0.487 e. The lowest BCUT2D eigenvalue weighted by Crippen LogP contribution is -2.32. The summed E-state index contributed by atoms with van der Waals surface area (Å²) >= 11 is 0. The summed E-state index contributed by atoms with van der Waals surface area (Å²) in [5, 5.41) is 0. The molecule has 4 rings (SSSR count). The molecule has 3 aromatic rings. The molecule has 1 aromatic carbocycles. The second kappa shape index (κ2) is 7.80. The number of hydrogen-bond donors (Lipinski definition) is 0. The topological polar surface area (TPSA) is 56.1 Å². The van der Waals surface area contributed by atoms with E-state index in [2.05, 4.69) is 4.98 Å². The van der Waals surface area contributed by atoms with E-state index in [1.807, 2.05) is 60.2 Å². The van der Waals surface area contributed by atoms with E-state index in [1.165, 1.54) is 0 Å². The number of benzene rings is 1. The van der Waals surface area contributed by atoms with Gasteiger partial charge in [-0.3, -0.25) is 4.79 Å². The predicted octanol–water partition coefficient (Wildman–Crippen LogP) is 3.02. The maximum absolute atomic E-state index is 12.7. The van der Waals surface area contributed by atoms with Gasteiger partial charge in [0.25, 0.3) is 5.91 Å². The number of fused-ring (bicyclic) bond motifs is 1. The van der Waals surface area contributed by atoms with Gasteiger partial charge in [-0.2, -0.15) is 0 Å². The van der Waals surface area contributed by atoms with Crippen molar-refractivity contribution in [2.75, 3.05) is 26.8 Å². The van der Waals surface area contributed by atoms with Crippen molar-refractivity contribution >= 4 is 11.6 Å². The van der Waals surface area contributed by atoms with Gasteiger partial charge in [0.05, 0.1) is 12.3 Å². The van der Waals surface area contributed by atoms with Crippen LogP contribution in [0.5, 0.6) is 5.75 Å².